The topological polar surface area (TPSA) is 102 Å². The zero-order valence-electron chi connectivity index (χ0n) is 16.6. The summed E-state index contributed by atoms with van der Waals surface area (Å²) in [5.74, 6) is 2.32. The molecule has 0 radical (unpaired) electrons. The predicted octanol–water partition coefficient (Wildman–Crippen LogP) is 3.35. The first-order valence-electron chi connectivity index (χ1n) is 9.47. The quantitative estimate of drug-likeness (QED) is 0.519. The number of ether oxygens (including phenoxy) is 3. The van der Waals surface area contributed by atoms with E-state index in [1.807, 2.05) is 6.07 Å². The SMILES string of the molecule is COc1ccc(-c2ccc(CO)o2)cc1NC(=S)NC(=O)c1ccc2c(c1)OCCO2. The Morgan fingerprint density at radius 2 is 1.90 bits per heavy atom. The second-order valence-corrected chi connectivity index (χ2v) is 7.01. The lowest BCUT2D eigenvalue weighted by molar-refractivity contribution is 0.0976. The van der Waals surface area contributed by atoms with Gasteiger partial charge in [-0.3, -0.25) is 10.1 Å². The van der Waals surface area contributed by atoms with Gasteiger partial charge < -0.3 is 29.1 Å². The molecule has 0 spiro atoms. The Labute approximate surface area is 183 Å². The molecule has 0 atom stereocenters. The molecule has 0 fully saturated rings. The molecule has 31 heavy (non-hydrogen) atoms. The lowest BCUT2D eigenvalue weighted by Gasteiger charge is -2.19. The monoisotopic (exact) mass is 440 g/mol. The van der Waals surface area contributed by atoms with Crippen LogP contribution in [0.15, 0.2) is 52.9 Å². The Bertz CT molecular complexity index is 1130. The van der Waals surface area contributed by atoms with E-state index in [1.165, 1.54) is 7.11 Å². The molecule has 0 saturated carbocycles. The van der Waals surface area contributed by atoms with Crippen molar-refractivity contribution in [2.24, 2.45) is 0 Å². The number of aliphatic hydroxyl groups is 1. The van der Waals surface area contributed by atoms with Crippen molar-refractivity contribution in [3.63, 3.8) is 0 Å². The number of amides is 1. The third-order valence-electron chi connectivity index (χ3n) is 4.58. The van der Waals surface area contributed by atoms with Crippen molar-refractivity contribution in [1.29, 1.82) is 0 Å². The Morgan fingerprint density at radius 1 is 1.10 bits per heavy atom. The van der Waals surface area contributed by atoms with Gasteiger partial charge in [-0.1, -0.05) is 0 Å². The van der Waals surface area contributed by atoms with Gasteiger partial charge in [-0.25, -0.2) is 0 Å². The Hall–Kier alpha value is -3.56. The van der Waals surface area contributed by atoms with Crippen LogP contribution in [-0.4, -0.2) is 36.4 Å². The number of thiocarbonyl (C=S) groups is 1. The van der Waals surface area contributed by atoms with Gasteiger partial charge in [-0.2, -0.15) is 0 Å². The molecule has 0 unspecified atom stereocenters. The van der Waals surface area contributed by atoms with E-state index in [0.29, 0.717) is 53.2 Å². The summed E-state index contributed by atoms with van der Waals surface area (Å²) in [6.07, 6.45) is 0. The third kappa shape index (κ3) is 4.62. The van der Waals surface area contributed by atoms with E-state index >= 15 is 0 Å². The van der Waals surface area contributed by atoms with Crippen LogP contribution >= 0.6 is 12.2 Å². The summed E-state index contributed by atoms with van der Waals surface area (Å²) < 4.78 is 21.9. The number of hydrogen-bond donors (Lipinski definition) is 3. The number of nitrogens with one attached hydrogen (secondary N) is 2. The number of methoxy groups -OCH3 is 1. The molecule has 1 aliphatic rings. The third-order valence-corrected chi connectivity index (χ3v) is 4.79. The van der Waals surface area contributed by atoms with E-state index in [0.717, 1.165) is 5.56 Å². The normalized spacial score (nSPS) is 12.2. The van der Waals surface area contributed by atoms with Crippen LogP contribution in [0.1, 0.15) is 16.1 Å². The van der Waals surface area contributed by atoms with Gasteiger partial charge in [-0.15, -0.1) is 0 Å². The minimum absolute atomic E-state index is 0.103. The number of anilines is 1. The second kappa shape index (κ2) is 9.07. The van der Waals surface area contributed by atoms with Crippen LogP contribution in [0.3, 0.4) is 0 Å². The highest BCUT2D eigenvalue weighted by Gasteiger charge is 2.16. The highest BCUT2D eigenvalue weighted by atomic mass is 32.1. The van der Waals surface area contributed by atoms with Crippen LogP contribution in [0.5, 0.6) is 17.2 Å². The molecule has 3 N–H and O–H groups in total. The molecule has 160 valence electrons. The highest BCUT2D eigenvalue weighted by Crippen LogP contribution is 2.32. The van der Waals surface area contributed by atoms with Crippen molar-refractivity contribution in [3.05, 3.63) is 59.9 Å². The molecule has 9 heteroatoms. The average molecular weight is 440 g/mol. The molecule has 1 amide bonds. The molecule has 0 aliphatic carbocycles. The lowest BCUT2D eigenvalue weighted by atomic mass is 10.1. The fourth-order valence-corrected chi connectivity index (χ4v) is 3.29. The number of benzene rings is 2. The summed E-state index contributed by atoms with van der Waals surface area (Å²) in [7, 11) is 1.54. The van der Waals surface area contributed by atoms with Crippen LogP contribution in [-0.2, 0) is 6.61 Å². The van der Waals surface area contributed by atoms with Gasteiger partial charge >= 0.3 is 0 Å². The molecule has 2 aromatic carbocycles. The van der Waals surface area contributed by atoms with Crippen molar-refractivity contribution < 1.29 is 28.5 Å². The van der Waals surface area contributed by atoms with Crippen LogP contribution in [0.4, 0.5) is 5.69 Å². The average Bonchev–Trinajstić information content (AvgIpc) is 3.28. The number of hydrogen-bond acceptors (Lipinski definition) is 7. The van der Waals surface area contributed by atoms with E-state index < -0.39 is 0 Å². The molecular formula is C22H20N2O6S. The van der Waals surface area contributed by atoms with E-state index in [-0.39, 0.29) is 17.6 Å². The van der Waals surface area contributed by atoms with Gasteiger partial charge in [0, 0.05) is 11.1 Å². The predicted molar refractivity (Wildman–Crippen MR) is 118 cm³/mol. The fraction of sp³-hybridized carbons (Fsp3) is 0.182. The zero-order valence-corrected chi connectivity index (χ0v) is 17.5. The largest absolute Gasteiger partial charge is 0.495 e. The fourth-order valence-electron chi connectivity index (χ4n) is 3.09. The minimum atomic E-state index is -0.386. The Morgan fingerprint density at radius 3 is 2.65 bits per heavy atom. The number of carbonyl (C=O) groups excluding carboxylic acids is 1. The molecule has 3 aromatic rings. The molecule has 1 aromatic heterocycles. The van der Waals surface area contributed by atoms with E-state index in [4.69, 9.17) is 30.8 Å². The van der Waals surface area contributed by atoms with Crippen molar-refractivity contribution in [2.75, 3.05) is 25.6 Å². The van der Waals surface area contributed by atoms with Gasteiger partial charge in [0.1, 0.15) is 37.1 Å². The molecular weight excluding hydrogens is 420 g/mol. The number of furan rings is 1. The van der Waals surface area contributed by atoms with E-state index in [9.17, 15) is 9.90 Å². The molecule has 4 rings (SSSR count). The van der Waals surface area contributed by atoms with Crippen molar-refractivity contribution in [1.82, 2.24) is 5.32 Å². The lowest BCUT2D eigenvalue weighted by Crippen LogP contribution is -2.34. The standard InChI is InChI=1S/C22H20N2O6S/c1-27-18-5-2-13(17-7-4-15(12-25)30-17)10-16(18)23-22(31)24-21(26)14-3-6-19-20(11-14)29-9-8-28-19/h2-7,10-11,25H,8-9,12H2,1H3,(H2,23,24,26,31). The van der Waals surface area contributed by atoms with Crippen LogP contribution in [0.2, 0.25) is 0 Å². The summed E-state index contributed by atoms with van der Waals surface area (Å²) in [6, 6.07) is 13.8. The summed E-state index contributed by atoms with van der Waals surface area (Å²) in [6.45, 7) is 0.730. The number of aliphatic hydroxyl groups excluding tert-OH is 1. The summed E-state index contributed by atoms with van der Waals surface area (Å²) >= 11 is 5.31. The van der Waals surface area contributed by atoms with Crippen molar-refractivity contribution in [3.8, 4) is 28.6 Å². The number of fused-ring (bicyclic) bond motifs is 1. The van der Waals surface area contributed by atoms with Gasteiger partial charge in [0.15, 0.2) is 16.6 Å². The van der Waals surface area contributed by atoms with Gasteiger partial charge in [0.05, 0.1) is 12.8 Å². The number of carbonyl (C=O) groups is 1. The summed E-state index contributed by atoms with van der Waals surface area (Å²) in [5.41, 5.74) is 1.69. The summed E-state index contributed by atoms with van der Waals surface area (Å²) in [5, 5.41) is 14.9. The maximum absolute atomic E-state index is 12.6. The molecule has 1 aliphatic heterocycles. The van der Waals surface area contributed by atoms with Crippen molar-refractivity contribution in [2.45, 2.75) is 6.61 Å². The first kappa shape index (κ1) is 20.7. The van der Waals surface area contributed by atoms with Gasteiger partial charge in [0.2, 0.25) is 0 Å². The molecule has 0 saturated heterocycles. The first-order valence-corrected chi connectivity index (χ1v) is 9.88. The van der Waals surface area contributed by atoms with Gasteiger partial charge in [0.25, 0.3) is 5.91 Å². The van der Waals surface area contributed by atoms with E-state index in [2.05, 4.69) is 10.6 Å². The van der Waals surface area contributed by atoms with Gasteiger partial charge in [-0.05, 0) is 60.7 Å². The van der Waals surface area contributed by atoms with Crippen LogP contribution in [0, 0.1) is 0 Å². The zero-order chi connectivity index (χ0) is 21.8. The first-order chi connectivity index (χ1) is 15.1. The molecule has 2 heterocycles. The van der Waals surface area contributed by atoms with Crippen molar-refractivity contribution >= 4 is 28.9 Å². The number of rotatable bonds is 5. The second-order valence-electron chi connectivity index (χ2n) is 6.61. The minimum Gasteiger partial charge on any atom is -0.495 e. The molecule has 0 bridgehead atoms. The van der Waals surface area contributed by atoms with E-state index in [1.54, 1.807) is 42.5 Å². The molecule has 8 nitrogen and oxygen atoms in total. The maximum atomic E-state index is 12.6. The highest BCUT2D eigenvalue weighted by molar-refractivity contribution is 7.80. The Balaban J connectivity index is 1.48. The smallest absolute Gasteiger partial charge is 0.257 e. The van der Waals surface area contributed by atoms with Crippen LogP contribution in [0.25, 0.3) is 11.3 Å². The summed E-state index contributed by atoms with van der Waals surface area (Å²) in [4.78, 5) is 12.6. The maximum Gasteiger partial charge on any atom is 0.257 e. The Kier molecular flexibility index (Phi) is 6.06. The van der Waals surface area contributed by atoms with Crippen LogP contribution < -0.4 is 24.8 Å².